The third-order valence-corrected chi connectivity index (χ3v) is 2.57. The normalized spacial score (nSPS) is 10.1. The highest BCUT2D eigenvalue weighted by Crippen LogP contribution is 2.22. The molecule has 0 amide bonds. The Hall–Kier alpha value is -1.74. The summed E-state index contributed by atoms with van der Waals surface area (Å²) in [5.41, 5.74) is 0. The van der Waals surface area contributed by atoms with Crippen LogP contribution in [-0.4, -0.2) is 13.2 Å². The molecule has 2 nitrogen and oxygen atoms in total. The van der Waals surface area contributed by atoms with Crippen molar-refractivity contribution in [3.8, 4) is 11.5 Å². The largest absolute Gasteiger partial charge is 0.490 e. The van der Waals surface area contributed by atoms with E-state index in [1.165, 1.54) is 12.1 Å². The van der Waals surface area contributed by atoms with E-state index in [1.807, 2.05) is 12.1 Å². The molecule has 0 atom stereocenters. The minimum atomic E-state index is -0.283. The Morgan fingerprint density at radius 1 is 0.889 bits per heavy atom. The van der Waals surface area contributed by atoms with E-state index in [4.69, 9.17) is 21.1 Å². The molecule has 0 saturated carbocycles. The van der Waals surface area contributed by atoms with Gasteiger partial charge in [-0.3, -0.25) is 0 Å². The van der Waals surface area contributed by atoms with Crippen molar-refractivity contribution in [2.45, 2.75) is 0 Å². The van der Waals surface area contributed by atoms with Gasteiger partial charge in [-0.05, 0) is 36.4 Å². The first-order valence-electron chi connectivity index (χ1n) is 5.51. The van der Waals surface area contributed by atoms with Gasteiger partial charge in [-0.15, -0.1) is 0 Å². The van der Waals surface area contributed by atoms with Crippen LogP contribution in [-0.2, 0) is 0 Å². The molecule has 18 heavy (non-hydrogen) atoms. The smallest absolute Gasteiger partial charge is 0.138 e. The van der Waals surface area contributed by atoms with Crippen LogP contribution in [0, 0.1) is 5.82 Å². The first-order chi connectivity index (χ1) is 8.75. The van der Waals surface area contributed by atoms with Gasteiger partial charge in [0.25, 0.3) is 0 Å². The molecule has 0 radical (unpaired) electrons. The van der Waals surface area contributed by atoms with Gasteiger partial charge in [-0.1, -0.05) is 23.7 Å². The number of ether oxygens (including phenoxy) is 2. The maximum Gasteiger partial charge on any atom is 0.138 e. The number of halogens is 2. The van der Waals surface area contributed by atoms with Gasteiger partial charge in [0.1, 0.15) is 30.5 Å². The van der Waals surface area contributed by atoms with Crippen molar-refractivity contribution in [3.63, 3.8) is 0 Å². The van der Waals surface area contributed by atoms with Gasteiger partial charge in [0.15, 0.2) is 0 Å². The molecule has 2 rings (SSSR count). The number of para-hydroxylation sites is 1. The first kappa shape index (κ1) is 12.7. The molecule has 0 N–H and O–H groups in total. The maximum absolute atomic E-state index is 12.6. The van der Waals surface area contributed by atoms with Crippen LogP contribution in [0.4, 0.5) is 4.39 Å². The molecular weight excluding hydrogens is 255 g/mol. The predicted octanol–water partition coefficient (Wildman–Crippen LogP) is 3.94. The molecule has 0 fully saturated rings. The summed E-state index contributed by atoms with van der Waals surface area (Å²) < 4.78 is 23.5. The van der Waals surface area contributed by atoms with Gasteiger partial charge in [0.05, 0.1) is 5.02 Å². The zero-order chi connectivity index (χ0) is 12.8. The van der Waals surface area contributed by atoms with Crippen LogP contribution in [0.1, 0.15) is 0 Å². The number of hydrogen-bond donors (Lipinski definition) is 0. The third-order valence-electron chi connectivity index (χ3n) is 2.26. The highest BCUT2D eigenvalue weighted by molar-refractivity contribution is 6.32. The molecule has 0 aliphatic heterocycles. The summed E-state index contributed by atoms with van der Waals surface area (Å²) in [5.74, 6) is 0.954. The van der Waals surface area contributed by atoms with E-state index in [2.05, 4.69) is 0 Å². The van der Waals surface area contributed by atoms with Crippen molar-refractivity contribution in [3.05, 3.63) is 59.4 Å². The lowest BCUT2D eigenvalue weighted by molar-refractivity contribution is 0.217. The second kappa shape index (κ2) is 6.26. The third kappa shape index (κ3) is 3.64. The predicted molar refractivity (Wildman–Crippen MR) is 68.8 cm³/mol. The SMILES string of the molecule is Fc1ccc(OCCOc2ccccc2Cl)cc1. The second-order valence-electron chi connectivity index (χ2n) is 3.58. The van der Waals surface area contributed by atoms with E-state index in [0.717, 1.165) is 0 Å². The van der Waals surface area contributed by atoms with Crippen molar-refractivity contribution in [1.82, 2.24) is 0 Å². The highest BCUT2D eigenvalue weighted by atomic mass is 35.5. The average Bonchev–Trinajstić information content (AvgIpc) is 2.39. The Labute approximate surface area is 110 Å². The summed E-state index contributed by atoms with van der Waals surface area (Å²) in [6, 6.07) is 13.1. The van der Waals surface area contributed by atoms with Crippen LogP contribution in [0.5, 0.6) is 11.5 Å². The monoisotopic (exact) mass is 266 g/mol. The van der Waals surface area contributed by atoms with E-state index in [-0.39, 0.29) is 5.82 Å². The summed E-state index contributed by atoms with van der Waals surface area (Å²) in [5, 5.41) is 0.569. The molecule has 0 unspecified atom stereocenters. The van der Waals surface area contributed by atoms with Gasteiger partial charge in [-0.2, -0.15) is 0 Å². The van der Waals surface area contributed by atoms with E-state index in [0.29, 0.717) is 29.7 Å². The van der Waals surface area contributed by atoms with Crippen molar-refractivity contribution in [2.24, 2.45) is 0 Å². The van der Waals surface area contributed by atoms with Gasteiger partial charge >= 0.3 is 0 Å². The van der Waals surface area contributed by atoms with Crippen LogP contribution in [0.25, 0.3) is 0 Å². The summed E-state index contributed by atoms with van der Waals surface area (Å²) in [4.78, 5) is 0. The highest BCUT2D eigenvalue weighted by Gasteiger charge is 1.99. The number of hydrogen-bond acceptors (Lipinski definition) is 2. The topological polar surface area (TPSA) is 18.5 Å². The summed E-state index contributed by atoms with van der Waals surface area (Å²) in [7, 11) is 0. The average molecular weight is 267 g/mol. The second-order valence-corrected chi connectivity index (χ2v) is 3.99. The Balaban J connectivity index is 1.76. The van der Waals surface area contributed by atoms with Gasteiger partial charge in [0, 0.05) is 0 Å². The van der Waals surface area contributed by atoms with Gasteiger partial charge in [0.2, 0.25) is 0 Å². The molecule has 0 aliphatic rings. The molecule has 0 heterocycles. The van der Waals surface area contributed by atoms with Crippen LogP contribution in [0.3, 0.4) is 0 Å². The fourth-order valence-corrected chi connectivity index (χ4v) is 1.59. The lowest BCUT2D eigenvalue weighted by atomic mass is 10.3. The molecule has 0 aromatic heterocycles. The van der Waals surface area contributed by atoms with E-state index < -0.39 is 0 Å². The Morgan fingerprint density at radius 2 is 1.56 bits per heavy atom. The lowest BCUT2D eigenvalue weighted by Gasteiger charge is -2.09. The Kier molecular flexibility index (Phi) is 4.42. The fourth-order valence-electron chi connectivity index (χ4n) is 1.40. The maximum atomic E-state index is 12.6. The number of benzene rings is 2. The van der Waals surface area contributed by atoms with Crippen LogP contribution in [0.2, 0.25) is 5.02 Å². The summed E-state index contributed by atoms with van der Waals surface area (Å²) in [6.07, 6.45) is 0. The zero-order valence-electron chi connectivity index (χ0n) is 9.61. The fraction of sp³-hybridized carbons (Fsp3) is 0.143. The van der Waals surface area contributed by atoms with E-state index in [1.54, 1.807) is 24.3 Å². The molecule has 0 aliphatic carbocycles. The standard InChI is InChI=1S/C14H12ClFO2/c15-13-3-1-2-4-14(13)18-10-9-17-12-7-5-11(16)6-8-12/h1-8H,9-10H2. The minimum absolute atomic E-state index is 0.283. The first-order valence-corrected chi connectivity index (χ1v) is 5.89. The molecule has 94 valence electrons. The molecule has 0 saturated heterocycles. The quantitative estimate of drug-likeness (QED) is 0.763. The van der Waals surface area contributed by atoms with Crippen LogP contribution in [0.15, 0.2) is 48.5 Å². The van der Waals surface area contributed by atoms with Crippen molar-refractivity contribution in [1.29, 1.82) is 0 Å². The molecule has 0 spiro atoms. The molecule has 2 aromatic rings. The molecule has 2 aromatic carbocycles. The summed E-state index contributed by atoms with van der Waals surface area (Å²) >= 11 is 5.93. The van der Waals surface area contributed by atoms with Crippen molar-refractivity contribution in [2.75, 3.05) is 13.2 Å². The van der Waals surface area contributed by atoms with Crippen LogP contribution >= 0.6 is 11.6 Å². The van der Waals surface area contributed by atoms with Crippen molar-refractivity contribution < 1.29 is 13.9 Å². The number of rotatable bonds is 5. The lowest BCUT2D eigenvalue weighted by Crippen LogP contribution is -2.09. The Bertz CT molecular complexity index is 499. The minimum Gasteiger partial charge on any atom is -0.490 e. The van der Waals surface area contributed by atoms with Gasteiger partial charge in [-0.25, -0.2) is 4.39 Å². The van der Waals surface area contributed by atoms with Crippen molar-refractivity contribution >= 4 is 11.6 Å². The molecule has 0 bridgehead atoms. The Morgan fingerprint density at radius 3 is 2.28 bits per heavy atom. The summed E-state index contributed by atoms with van der Waals surface area (Å²) in [6.45, 7) is 0.748. The van der Waals surface area contributed by atoms with Gasteiger partial charge < -0.3 is 9.47 Å². The van der Waals surface area contributed by atoms with E-state index in [9.17, 15) is 4.39 Å². The van der Waals surface area contributed by atoms with E-state index >= 15 is 0 Å². The molecule has 4 heteroatoms. The molecular formula is C14H12ClFO2. The van der Waals surface area contributed by atoms with Crippen LogP contribution < -0.4 is 9.47 Å². The zero-order valence-corrected chi connectivity index (χ0v) is 10.4.